The Labute approximate surface area is 226 Å². The number of likely N-dealkylation sites (N-methyl/N-ethyl adjacent to an activating group) is 1. The molecule has 38 heavy (non-hydrogen) atoms. The van der Waals surface area contributed by atoms with E-state index in [1.165, 1.54) is 0 Å². The third-order valence-electron chi connectivity index (χ3n) is 6.98. The molecule has 1 saturated heterocycles. The summed E-state index contributed by atoms with van der Waals surface area (Å²) in [4.78, 5) is 38.3. The molecule has 0 saturated carbocycles. The van der Waals surface area contributed by atoms with Crippen molar-refractivity contribution in [2.75, 3.05) is 31.6 Å². The summed E-state index contributed by atoms with van der Waals surface area (Å²) >= 11 is 6.44. The van der Waals surface area contributed by atoms with Crippen molar-refractivity contribution in [2.24, 2.45) is 0 Å². The number of aromatic amines is 1. The lowest BCUT2D eigenvalue weighted by Gasteiger charge is -2.43. The molecule has 0 bridgehead atoms. The molecule has 0 radical (unpaired) electrons. The Morgan fingerprint density at radius 1 is 1.21 bits per heavy atom. The molecule has 0 spiro atoms. The van der Waals surface area contributed by atoms with Crippen LogP contribution < -0.4 is 5.32 Å². The number of carbonyl (C=O) groups is 2. The van der Waals surface area contributed by atoms with Crippen LogP contribution in [0, 0.1) is 0 Å². The van der Waals surface area contributed by atoms with Crippen LogP contribution in [-0.2, 0) is 20.9 Å². The molecule has 0 unspecified atom stereocenters. The van der Waals surface area contributed by atoms with Crippen molar-refractivity contribution in [1.82, 2.24) is 19.8 Å². The molecule has 1 aliphatic rings. The van der Waals surface area contributed by atoms with Gasteiger partial charge in [-0.05, 0) is 44.5 Å². The number of nitrogens with zero attached hydrogens (tertiary/aromatic N) is 3. The number of ether oxygens (including phenoxy) is 1. The Kier molecular flexibility index (Phi) is 7.38. The van der Waals surface area contributed by atoms with Crippen LogP contribution in [0.4, 0.5) is 5.69 Å². The minimum Gasteiger partial charge on any atom is -0.372 e. The first kappa shape index (κ1) is 26.2. The summed E-state index contributed by atoms with van der Waals surface area (Å²) in [5, 5.41) is 5.43. The molecule has 2 N–H and O–H groups in total. The van der Waals surface area contributed by atoms with Gasteiger partial charge in [-0.3, -0.25) is 19.5 Å². The lowest BCUT2D eigenvalue weighted by Crippen LogP contribution is -2.60. The van der Waals surface area contributed by atoms with Gasteiger partial charge < -0.3 is 19.9 Å². The summed E-state index contributed by atoms with van der Waals surface area (Å²) in [6.07, 6.45) is 3.47. The highest BCUT2D eigenvalue weighted by Gasteiger charge is 2.39. The highest BCUT2D eigenvalue weighted by atomic mass is 35.5. The smallest absolute Gasteiger partial charge is 0.244 e. The highest BCUT2D eigenvalue weighted by Crippen LogP contribution is 2.33. The van der Waals surface area contributed by atoms with Gasteiger partial charge in [0.1, 0.15) is 6.04 Å². The number of benzene rings is 2. The molecular formula is C29H32ClN5O3. The van der Waals surface area contributed by atoms with Crippen LogP contribution in [0.3, 0.4) is 0 Å². The third kappa shape index (κ3) is 5.53. The van der Waals surface area contributed by atoms with Gasteiger partial charge >= 0.3 is 0 Å². The summed E-state index contributed by atoms with van der Waals surface area (Å²) in [6.45, 7) is 7.76. The molecule has 1 atom stereocenters. The molecule has 1 fully saturated rings. The van der Waals surface area contributed by atoms with Crippen molar-refractivity contribution < 1.29 is 14.3 Å². The number of aromatic nitrogens is 2. The van der Waals surface area contributed by atoms with Crippen molar-refractivity contribution in [3.63, 3.8) is 0 Å². The minimum atomic E-state index is -0.637. The lowest BCUT2D eigenvalue weighted by atomic mass is 10.0. The predicted molar refractivity (Wildman–Crippen MR) is 150 cm³/mol. The van der Waals surface area contributed by atoms with Crippen molar-refractivity contribution in [3.8, 4) is 0 Å². The molecule has 0 aliphatic carbocycles. The molecule has 2 aromatic carbocycles. The van der Waals surface area contributed by atoms with Gasteiger partial charge in [0.25, 0.3) is 0 Å². The SMILES string of the molecule is CCN(Cc1ccccc1)C(=O)CN1CC(C)(C)OC[C@H]1C(=O)Nc1cc(Cl)cc2c1[nH]c1cnccc12. The van der Waals surface area contributed by atoms with Crippen molar-refractivity contribution in [2.45, 2.75) is 39.0 Å². The molecule has 198 valence electrons. The number of pyridine rings is 1. The number of H-pyrrole nitrogens is 1. The number of rotatable bonds is 7. The Balaban J connectivity index is 1.37. The maximum Gasteiger partial charge on any atom is 0.244 e. The molecular weight excluding hydrogens is 502 g/mol. The van der Waals surface area contributed by atoms with Crippen LogP contribution >= 0.6 is 11.6 Å². The normalized spacial score (nSPS) is 17.5. The number of morpholine rings is 1. The van der Waals surface area contributed by atoms with Crippen LogP contribution in [-0.4, -0.2) is 69.5 Å². The van der Waals surface area contributed by atoms with Crippen LogP contribution in [0.5, 0.6) is 0 Å². The van der Waals surface area contributed by atoms with E-state index in [-0.39, 0.29) is 25.0 Å². The fraction of sp³-hybridized carbons (Fsp3) is 0.345. The maximum absolute atomic E-state index is 13.6. The van der Waals surface area contributed by atoms with Crippen LogP contribution in [0.1, 0.15) is 26.3 Å². The summed E-state index contributed by atoms with van der Waals surface area (Å²) in [7, 11) is 0. The molecule has 5 rings (SSSR count). The van der Waals surface area contributed by atoms with E-state index < -0.39 is 11.6 Å². The number of fused-ring (bicyclic) bond motifs is 3. The van der Waals surface area contributed by atoms with Crippen LogP contribution in [0.15, 0.2) is 60.9 Å². The van der Waals surface area contributed by atoms with Crippen molar-refractivity contribution in [1.29, 1.82) is 0 Å². The molecule has 8 nitrogen and oxygen atoms in total. The van der Waals surface area contributed by atoms with E-state index >= 15 is 0 Å². The Morgan fingerprint density at radius 2 is 2.00 bits per heavy atom. The first-order valence-electron chi connectivity index (χ1n) is 12.8. The van der Waals surface area contributed by atoms with Crippen molar-refractivity contribution >= 4 is 50.9 Å². The number of hydrogen-bond acceptors (Lipinski definition) is 5. The van der Waals surface area contributed by atoms with Gasteiger partial charge in [-0.25, -0.2) is 0 Å². The zero-order chi connectivity index (χ0) is 26.9. The molecule has 2 amide bonds. The van der Waals surface area contributed by atoms with E-state index in [0.717, 1.165) is 27.4 Å². The Morgan fingerprint density at radius 3 is 2.76 bits per heavy atom. The van der Waals surface area contributed by atoms with Gasteiger partial charge in [0, 0.05) is 41.6 Å². The van der Waals surface area contributed by atoms with Gasteiger partial charge in [-0.15, -0.1) is 0 Å². The summed E-state index contributed by atoms with van der Waals surface area (Å²) in [5.74, 6) is -0.278. The monoisotopic (exact) mass is 533 g/mol. The maximum atomic E-state index is 13.6. The number of carbonyl (C=O) groups excluding carboxylic acids is 2. The van der Waals surface area contributed by atoms with E-state index in [1.807, 2.05) is 73.0 Å². The van der Waals surface area contributed by atoms with Crippen LogP contribution in [0.25, 0.3) is 21.8 Å². The summed E-state index contributed by atoms with van der Waals surface area (Å²) in [5.41, 5.74) is 2.78. The number of amides is 2. The number of hydrogen-bond donors (Lipinski definition) is 2. The van der Waals surface area contributed by atoms with E-state index in [0.29, 0.717) is 30.3 Å². The number of nitrogens with one attached hydrogen (secondary N) is 2. The predicted octanol–water partition coefficient (Wildman–Crippen LogP) is 4.84. The first-order valence-corrected chi connectivity index (χ1v) is 13.2. The topological polar surface area (TPSA) is 90.6 Å². The molecule has 1 aliphatic heterocycles. The summed E-state index contributed by atoms with van der Waals surface area (Å²) < 4.78 is 6.02. The first-order chi connectivity index (χ1) is 18.2. The van der Waals surface area contributed by atoms with Crippen LogP contribution in [0.2, 0.25) is 5.02 Å². The molecule has 2 aromatic heterocycles. The largest absolute Gasteiger partial charge is 0.372 e. The molecule has 4 aromatic rings. The summed E-state index contributed by atoms with van der Waals surface area (Å²) in [6, 6.07) is 14.8. The Hall–Kier alpha value is -3.46. The van der Waals surface area contributed by atoms with E-state index in [4.69, 9.17) is 16.3 Å². The van der Waals surface area contributed by atoms with E-state index in [2.05, 4.69) is 15.3 Å². The van der Waals surface area contributed by atoms with E-state index in [1.54, 1.807) is 18.5 Å². The van der Waals surface area contributed by atoms with E-state index in [9.17, 15) is 9.59 Å². The molecule has 3 heterocycles. The lowest BCUT2D eigenvalue weighted by molar-refractivity contribution is -0.150. The number of anilines is 1. The third-order valence-corrected chi connectivity index (χ3v) is 7.20. The zero-order valence-corrected chi connectivity index (χ0v) is 22.6. The Bertz CT molecular complexity index is 1470. The van der Waals surface area contributed by atoms with Gasteiger partial charge in [-0.1, -0.05) is 41.9 Å². The van der Waals surface area contributed by atoms with Gasteiger partial charge in [0.15, 0.2) is 0 Å². The second kappa shape index (κ2) is 10.7. The zero-order valence-electron chi connectivity index (χ0n) is 21.8. The molecule has 9 heteroatoms. The quantitative estimate of drug-likeness (QED) is 0.355. The average molecular weight is 534 g/mol. The minimum absolute atomic E-state index is 0.0277. The van der Waals surface area contributed by atoms with Gasteiger partial charge in [0.05, 0.1) is 41.7 Å². The average Bonchev–Trinajstić information content (AvgIpc) is 3.26. The number of halogens is 1. The second-order valence-corrected chi connectivity index (χ2v) is 10.7. The second-order valence-electron chi connectivity index (χ2n) is 10.3. The van der Waals surface area contributed by atoms with Gasteiger partial charge in [0.2, 0.25) is 11.8 Å². The fourth-order valence-corrected chi connectivity index (χ4v) is 5.27. The van der Waals surface area contributed by atoms with Gasteiger partial charge in [-0.2, -0.15) is 0 Å². The fourth-order valence-electron chi connectivity index (χ4n) is 5.05. The van der Waals surface area contributed by atoms with Crippen molar-refractivity contribution in [3.05, 3.63) is 71.5 Å². The highest BCUT2D eigenvalue weighted by molar-refractivity contribution is 6.33. The standard InChI is InChI=1S/C29H32ClN5O3/c1-4-34(15-19-8-6-5-7-9-19)26(36)16-35-18-29(2,3)38-17-25(35)28(37)33-23-13-20(30)12-22-21-10-11-31-14-24(21)32-27(22)23/h5-14,25,32H,4,15-18H2,1-3H3,(H,33,37)/t25-/m0/s1.